The van der Waals surface area contributed by atoms with Gasteiger partial charge in [0.1, 0.15) is 5.84 Å². The first-order chi connectivity index (χ1) is 7.18. The lowest BCUT2D eigenvalue weighted by molar-refractivity contribution is 0.619. The normalized spacial score (nSPS) is 10.3. The zero-order chi connectivity index (χ0) is 10.8. The maximum atomic E-state index is 7.87. The number of rotatable bonds is 1. The maximum Gasteiger partial charge on any atom is 0.127 e. The lowest BCUT2D eigenvalue weighted by Crippen LogP contribution is -2.21. The van der Waals surface area contributed by atoms with E-state index in [0.717, 1.165) is 16.5 Å². The van der Waals surface area contributed by atoms with Crippen LogP contribution in [0.5, 0.6) is 0 Å². The molecule has 0 aliphatic rings. The molecule has 1 N–H and O–H groups in total. The number of fused-ring (bicyclic) bond motifs is 1. The molecule has 0 radical (unpaired) electrons. The van der Waals surface area contributed by atoms with Gasteiger partial charge < -0.3 is 4.90 Å². The summed E-state index contributed by atoms with van der Waals surface area (Å²) in [4.78, 5) is 6.03. The first kappa shape index (κ1) is 9.65. The van der Waals surface area contributed by atoms with Crippen molar-refractivity contribution in [1.29, 1.82) is 5.41 Å². The highest BCUT2D eigenvalue weighted by atomic mass is 15.1. The van der Waals surface area contributed by atoms with Gasteiger partial charge in [-0.05, 0) is 24.3 Å². The minimum absolute atomic E-state index is 0.515. The Kier molecular flexibility index (Phi) is 2.37. The van der Waals surface area contributed by atoms with Gasteiger partial charge in [-0.1, -0.05) is 6.07 Å². The van der Waals surface area contributed by atoms with Crippen molar-refractivity contribution in [3.63, 3.8) is 0 Å². The van der Waals surface area contributed by atoms with Crippen LogP contribution in [0.15, 0.2) is 36.5 Å². The van der Waals surface area contributed by atoms with E-state index in [0.29, 0.717) is 5.84 Å². The number of aromatic nitrogens is 1. The quantitative estimate of drug-likeness (QED) is 0.564. The van der Waals surface area contributed by atoms with Crippen LogP contribution in [0.2, 0.25) is 0 Å². The summed E-state index contributed by atoms with van der Waals surface area (Å²) in [6, 6.07) is 9.78. The third-order valence-electron chi connectivity index (χ3n) is 2.32. The lowest BCUT2D eigenvalue weighted by atomic mass is 10.1. The van der Waals surface area contributed by atoms with E-state index in [1.54, 1.807) is 11.1 Å². The first-order valence-corrected chi connectivity index (χ1v) is 4.79. The topological polar surface area (TPSA) is 40.0 Å². The van der Waals surface area contributed by atoms with Gasteiger partial charge in [-0.15, -0.1) is 0 Å². The summed E-state index contributed by atoms with van der Waals surface area (Å²) in [7, 11) is 3.74. The Hall–Kier alpha value is -1.90. The molecular weight excluding hydrogens is 186 g/mol. The predicted octanol–water partition coefficient (Wildman–Crippen LogP) is 2.12. The van der Waals surface area contributed by atoms with Crippen molar-refractivity contribution in [2.45, 2.75) is 0 Å². The number of nitrogens with zero attached hydrogens (tertiary/aromatic N) is 2. The molecule has 3 nitrogen and oxygen atoms in total. The Morgan fingerprint density at radius 1 is 1.27 bits per heavy atom. The van der Waals surface area contributed by atoms with Gasteiger partial charge in [0.15, 0.2) is 0 Å². The minimum Gasteiger partial charge on any atom is -0.363 e. The van der Waals surface area contributed by atoms with E-state index in [1.807, 2.05) is 44.4 Å². The minimum atomic E-state index is 0.515. The van der Waals surface area contributed by atoms with E-state index in [9.17, 15) is 0 Å². The molecule has 0 aliphatic heterocycles. The van der Waals surface area contributed by atoms with Crippen molar-refractivity contribution >= 4 is 16.7 Å². The highest BCUT2D eigenvalue weighted by Crippen LogP contribution is 2.13. The lowest BCUT2D eigenvalue weighted by Gasteiger charge is -2.13. The number of nitrogens with one attached hydrogen (secondary N) is 1. The van der Waals surface area contributed by atoms with Crippen LogP contribution < -0.4 is 0 Å². The molecule has 1 heterocycles. The number of hydrogen-bond donors (Lipinski definition) is 1. The van der Waals surface area contributed by atoms with Crippen LogP contribution >= 0.6 is 0 Å². The number of hydrogen-bond acceptors (Lipinski definition) is 2. The van der Waals surface area contributed by atoms with E-state index in [-0.39, 0.29) is 0 Å². The second-order valence-corrected chi connectivity index (χ2v) is 3.65. The van der Waals surface area contributed by atoms with Crippen LogP contribution in [0, 0.1) is 5.41 Å². The fraction of sp³-hybridized carbons (Fsp3) is 0.167. The van der Waals surface area contributed by atoms with Crippen molar-refractivity contribution in [3.8, 4) is 0 Å². The molecule has 76 valence electrons. The van der Waals surface area contributed by atoms with Gasteiger partial charge in [-0.3, -0.25) is 10.4 Å². The monoisotopic (exact) mass is 199 g/mol. The second kappa shape index (κ2) is 3.69. The van der Waals surface area contributed by atoms with Crippen molar-refractivity contribution in [2.24, 2.45) is 0 Å². The molecule has 0 bridgehead atoms. The summed E-state index contributed by atoms with van der Waals surface area (Å²) in [5.41, 5.74) is 1.88. The van der Waals surface area contributed by atoms with E-state index in [1.165, 1.54) is 0 Å². The molecule has 0 saturated heterocycles. The van der Waals surface area contributed by atoms with Crippen LogP contribution in [0.1, 0.15) is 5.56 Å². The standard InChI is InChI=1S/C12H13N3/c1-15(2)12(13)10-5-6-11-9(8-10)4-3-7-14-11/h3-8,13H,1-2H3. The zero-order valence-corrected chi connectivity index (χ0v) is 8.86. The van der Waals surface area contributed by atoms with Gasteiger partial charge in [0, 0.05) is 31.2 Å². The first-order valence-electron chi connectivity index (χ1n) is 4.79. The van der Waals surface area contributed by atoms with E-state index >= 15 is 0 Å². The summed E-state index contributed by atoms with van der Waals surface area (Å²) in [6.07, 6.45) is 1.78. The van der Waals surface area contributed by atoms with E-state index in [2.05, 4.69) is 4.98 Å². The number of benzene rings is 1. The van der Waals surface area contributed by atoms with Gasteiger partial charge in [0.2, 0.25) is 0 Å². The summed E-state index contributed by atoms with van der Waals surface area (Å²) >= 11 is 0. The molecule has 1 aromatic carbocycles. The SMILES string of the molecule is CN(C)C(=N)c1ccc2ncccc2c1. The molecule has 0 unspecified atom stereocenters. The van der Waals surface area contributed by atoms with Crippen LogP contribution in [-0.2, 0) is 0 Å². The van der Waals surface area contributed by atoms with Crippen molar-refractivity contribution in [2.75, 3.05) is 14.1 Å². The van der Waals surface area contributed by atoms with Crippen molar-refractivity contribution in [1.82, 2.24) is 9.88 Å². The Morgan fingerprint density at radius 3 is 2.80 bits per heavy atom. The van der Waals surface area contributed by atoms with E-state index < -0.39 is 0 Å². The number of amidine groups is 1. The summed E-state index contributed by atoms with van der Waals surface area (Å²) in [5.74, 6) is 0.515. The summed E-state index contributed by atoms with van der Waals surface area (Å²) in [5, 5.41) is 8.94. The third-order valence-corrected chi connectivity index (χ3v) is 2.32. The molecule has 1 aromatic heterocycles. The van der Waals surface area contributed by atoms with Gasteiger partial charge in [-0.25, -0.2) is 0 Å². The Balaban J connectivity index is 2.52. The fourth-order valence-corrected chi connectivity index (χ4v) is 1.48. The molecule has 0 saturated carbocycles. The van der Waals surface area contributed by atoms with Crippen LogP contribution in [0.25, 0.3) is 10.9 Å². The molecule has 0 spiro atoms. The molecular formula is C12H13N3. The van der Waals surface area contributed by atoms with Crippen LogP contribution in [0.4, 0.5) is 0 Å². The molecule has 0 aliphatic carbocycles. The average Bonchev–Trinajstić information content (AvgIpc) is 2.27. The van der Waals surface area contributed by atoms with Gasteiger partial charge in [-0.2, -0.15) is 0 Å². The third kappa shape index (κ3) is 1.81. The van der Waals surface area contributed by atoms with Crippen molar-refractivity contribution in [3.05, 3.63) is 42.1 Å². The Bertz CT molecular complexity index is 503. The second-order valence-electron chi connectivity index (χ2n) is 3.65. The average molecular weight is 199 g/mol. The molecule has 2 rings (SSSR count). The molecule has 0 fully saturated rings. The molecule has 2 aromatic rings. The smallest absolute Gasteiger partial charge is 0.127 e. The zero-order valence-electron chi connectivity index (χ0n) is 8.86. The summed E-state index contributed by atoms with van der Waals surface area (Å²) in [6.45, 7) is 0. The van der Waals surface area contributed by atoms with Crippen LogP contribution in [-0.4, -0.2) is 29.8 Å². The fourth-order valence-electron chi connectivity index (χ4n) is 1.48. The predicted molar refractivity (Wildman–Crippen MR) is 62.3 cm³/mol. The van der Waals surface area contributed by atoms with Gasteiger partial charge >= 0.3 is 0 Å². The Morgan fingerprint density at radius 2 is 2.07 bits per heavy atom. The largest absolute Gasteiger partial charge is 0.363 e. The van der Waals surface area contributed by atoms with Crippen LogP contribution in [0.3, 0.4) is 0 Å². The van der Waals surface area contributed by atoms with Gasteiger partial charge in [0.25, 0.3) is 0 Å². The molecule has 0 amide bonds. The van der Waals surface area contributed by atoms with Crippen molar-refractivity contribution < 1.29 is 0 Å². The highest BCUT2D eigenvalue weighted by molar-refractivity contribution is 5.99. The highest BCUT2D eigenvalue weighted by Gasteiger charge is 2.04. The number of pyridine rings is 1. The Labute approximate surface area is 88.9 Å². The molecule has 0 atom stereocenters. The van der Waals surface area contributed by atoms with E-state index in [4.69, 9.17) is 5.41 Å². The summed E-state index contributed by atoms with van der Waals surface area (Å²) < 4.78 is 0. The molecule has 15 heavy (non-hydrogen) atoms. The van der Waals surface area contributed by atoms with Gasteiger partial charge in [0.05, 0.1) is 5.52 Å². The maximum absolute atomic E-state index is 7.87. The molecule has 3 heteroatoms.